The lowest BCUT2D eigenvalue weighted by Gasteiger charge is -2.45. The molecule has 142 valence electrons. The van der Waals surface area contributed by atoms with Crippen LogP contribution in [-0.2, 0) is 20.7 Å². The van der Waals surface area contributed by atoms with Gasteiger partial charge in [-0.3, -0.25) is 4.90 Å². The smallest absolute Gasteiger partial charge is 0.337 e. The summed E-state index contributed by atoms with van der Waals surface area (Å²) in [5.41, 5.74) is 4.48. The van der Waals surface area contributed by atoms with Crippen molar-refractivity contribution < 1.29 is 14.3 Å². The number of piperidine rings is 1. The van der Waals surface area contributed by atoms with Gasteiger partial charge in [0, 0.05) is 35.6 Å². The van der Waals surface area contributed by atoms with Crippen molar-refractivity contribution in [3.8, 4) is 0 Å². The fourth-order valence-corrected chi connectivity index (χ4v) is 4.80. The van der Waals surface area contributed by atoms with Gasteiger partial charge in [-0.1, -0.05) is 24.3 Å². The van der Waals surface area contributed by atoms with Crippen LogP contribution in [0.5, 0.6) is 0 Å². The van der Waals surface area contributed by atoms with E-state index < -0.39 is 0 Å². The molecule has 5 heteroatoms. The lowest BCUT2D eigenvalue weighted by Crippen LogP contribution is -2.46. The second-order valence-corrected chi connectivity index (χ2v) is 7.37. The van der Waals surface area contributed by atoms with E-state index in [4.69, 9.17) is 9.47 Å². The molecule has 1 aromatic carbocycles. The van der Waals surface area contributed by atoms with Crippen LogP contribution < -0.4 is 0 Å². The molecule has 5 nitrogen and oxygen atoms in total. The molecule has 3 atom stereocenters. The van der Waals surface area contributed by atoms with Crippen molar-refractivity contribution in [2.24, 2.45) is 11.8 Å². The van der Waals surface area contributed by atoms with Gasteiger partial charge in [0.2, 0.25) is 0 Å². The van der Waals surface area contributed by atoms with E-state index in [9.17, 15) is 4.79 Å². The molecule has 3 heterocycles. The predicted molar refractivity (Wildman–Crippen MR) is 105 cm³/mol. The first kappa shape index (κ1) is 17.9. The summed E-state index contributed by atoms with van der Waals surface area (Å²) in [6, 6.07) is 8.74. The Morgan fingerprint density at radius 1 is 1.33 bits per heavy atom. The average molecular weight is 366 g/mol. The van der Waals surface area contributed by atoms with Crippen LogP contribution in [0.3, 0.4) is 0 Å². The molecule has 0 saturated carbocycles. The molecular formula is C22H26N2O3. The molecule has 0 spiro atoms. The number of rotatable bonds is 4. The zero-order valence-corrected chi connectivity index (χ0v) is 15.9. The number of hydrogen-bond acceptors (Lipinski definition) is 4. The molecule has 0 unspecified atom stereocenters. The van der Waals surface area contributed by atoms with Gasteiger partial charge in [0.15, 0.2) is 0 Å². The van der Waals surface area contributed by atoms with Crippen molar-refractivity contribution in [3.05, 3.63) is 60.0 Å². The highest BCUT2D eigenvalue weighted by Crippen LogP contribution is 2.45. The quantitative estimate of drug-likeness (QED) is 0.389. The SMILES string of the molecule is C=C[C@H]1CN2CCc3c([nH]c4ccccc34)[C@H]2C[C@@H]1/C(=C\OC)C(=O)OC. The normalized spacial score (nSPS) is 25.6. The van der Waals surface area contributed by atoms with Gasteiger partial charge in [-0.05, 0) is 30.4 Å². The van der Waals surface area contributed by atoms with Gasteiger partial charge < -0.3 is 14.5 Å². The second kappa shape index (κ2) is 7.24. The van der Waals surface area contributed by atoms with Crippen LogP contribution >= 0.6 is 0 Å². The number of aromatic amines is 1. The Bertz CT molecular complexity index is 898. The third kappa shape index (κ3) is 2.96. The molecule has 4 rings (SSSR count). The Kier molecular flexibility index (Phi) is 4.79. The number of nitrogens with zero attached hydrogens (tertiary/aromatic N) is 1. The third-order valence-electron chi connectivity index (χ3n) is 6.08. The van der Waals surface area contributed by atoms with Crippen LogP contribution in [0.15, 0.2) is 48.8 Å². The fraction of sp³-hybridized carbons (Fsp3) is 0.409. The van der Waals surface area contributed by atoms with Crippen LogP contribution in [0.1, 0.15) is 23.7 Å². The predicted octanol–water partition coefficient (Wildman–Crippen LogP) is 3.59. The van der Waals surface area contributed by atoms with Gasteiger partial charge in [-0.2, -0.15) is 0 Å². The molecule has 0 amide bonds. The lowest BCUT2D eigenvalue weighted by molar-refractivity contribution is -0.137. The van der Waals surface area contributed by atoms with E-state index in [0.29, 0.717) is 5.57 Å². The molecule has 2 aromatic rings. The average Bonchev–Trinajstić information content (AvgIpc) is 3.09. The monoisotopic (exact) mass is 366 g/mol. The first-order valence-electron chi connectivity index (χ1n) is 9.45. The van der Waals surface area contributed by atoms with Gasteiger partial charge in [0.1, 0.15) is 0 Å². The summed E-state index contributed by atoms with van der Waals surface area (Å²) in [5.74, 6) is -0.115. The molecule has 1 fully saturated rings. The maximum Gasteiger partial charge on any atom is 0.337 e. The Morgan fingerprint density at radius 3 is 2.89 bits per heavy atom. The van der Waals surface area contributed by atoms with Crippen molar-refractivity contribution in [3.63, 3.8) is 0 Å². The number of nitrogens with one attached hydrogen (secondary N) is 1. The van der Waals surface area contributed by atoms with Gasteiger partial charge in [0.25, 0.3) is 0 Å². The van der Waals surface area contributed by atoms with Crippen LogP contribution in [0.2, 0.25) is 0 Å². The van der Waals surface area contributed by atoms with Crippen molar-refractivity contribution in [2.75, 3.05) is 27.3 Å². The number of hydrogen-bond donors (Lipinski definition) is 1. The van der Waals surface area contributed by atoms with E-state index in [1.54, 1.807) is 7.11 Å². The summed E-state index contributed by atoms with van der Waals surface area (Å²) in [6.45, 7) is 5.93. The summed E-state index contributed by atoms with van der Waals surface area (Å²) in [7, 11) is 2.98. The first-order chi connectivity index (χ1) is 13.2. The second-order valence-electron chi connectivity index (χ2n) is 7.37. The number of ether oxygens (including phenoxy) is 2. The van der Waals surface area contributed by atoms with Crippen molar-refractivity contribution in [2.45, 2.75) is 18.9 Å². The number of para-hydroxylation sites is 1. The first-order valence-corrected chi connectivity index (χ1v) is 9.45. The maximum atomic E-state index is 12.4. The fourth-order valence-electron chi connectivity index (χ4n) is 4.80. The maximum absolute atomic E-state index is 12.4. The largest absolute Gasteiger partial charge is 0.504 e. The van der Waals surface area contributed by atoms with Crippen LogP contribution in [0.25, 0.3) is 10.9 Å². The molecular weight excluding hydrogens is 340 g/mol. The molecule has 1 N–H and O–H groups in total. The minimum absolute atomic E-state index is 0.0218. The Hall–Kier alpha value is -2.53. The van der Waals surface area contributed by atoms with Gasteiger partial charge in [-0.15, -0.1) is 6.58 Å². The highest BCUT2D eigenvalue weighted by atomic mass is 16.5. The number of H-pyrrole nitrogens is 1. The third-order valence-corrected chi connectivity index (χ3v) is 6.08. The van der Waals surface area contributed by atoms with Gasteiger partial charge >= 0.3 is 5.97 Å². The molecule has 0 aliphatic carbocycles. The molecule has 0 bridgehead atoms. The lowest BCUT2D eigenvalue weighted by atomic mass is 9.75. The minimum atomic E-state index is -0.324. The molecule has 1 aromatic heterocycles. The minimum Gasteiger partial charge on any atom is -0.504 e. The van der Waals surface area contributed by atoms with E-state index >= 15 is 0 Å². The molecule has 2 aliphatic heterocycles. The van der Waals surface area contributed by atoms with Crippen molar-refractivity contribution >= 4 is 16.9 Å². The number of fused-ring (bicyclic) bond motifs is 5. The highest BCUT2D eigenvalue weighted by Gasteiger charge is 2.42. The molecule has 0 radical (unpaired) electrons. The van der Waals surface area contributed by atoms with E-state index in [0.717, 1.165) is 25.9 Å². The van der Waals surface area contributed by atoms with Crippen LogP contribution in [-0.4, -0.2) is 43.2 Å². The van der Waals surface area contributed by atoms with Crippen LogP contribution in [0.4, 0.5) is 0 Å². The number of methoxy groups -OCH3 is 2. The van der Waals surface area contributed by atoms with Crippen molar-refractivity contribution in [1.82, 2.24) is 9.88 Å². The zero-order chi connectivity index (χ0) is 19.0. The van der Waals surface area contributed by atoms with Gasteiger partial charge in [-0.25, -0.2) is 4.79 Å². The highest BCUT2D eigenvalue weighted by molar-refractivity contribution is 5.89. The van der Waals surface area contributed by atoms with Gasteiger partial charge in [0.05, 0.1) is 32.1 Å². The Labute approximate surface area is 159 Å². The Morgan fingerprint density at radius 2 is 2.15 bits per heavy atom. The number of esters is 1. The summed E-state index contributed by atoms with van der Waals surface area (Å²) in [5, 5.41) is 1.31. The Balaban J connectivity index is 1.74. The number of carbonyl (C=O) groups is 1. The summed E-state index contributed by atoms with van der Waals surface area (Å²) >= 11 is 0. The summed E-state index contributed by atoms with van der Waals surface area (Å²) in [6.07, 6.45) is 5.38. The number of aromatic nitrogens is 1. The molecule has 1 saturated heterocycles. The van der Waals surface area contributed by atoms with E-state index in [1.165, 1.54) is 35.5 Å². The zero-order valence-electron chi connectivity index (χ0n) is 15.9. The standard InChI is InChI=1S/C22H26N2O3/c1-4-14-12-24-10-9-16-15-7-5-6-8-19(15)23-21(16)20(24)11-17(14)18(13-26-2)22(25)27-3/h4-8,13-14,17,20,23H,1,9-12H2,2-3H3/b18-13+/t14-,17-,20+/m0/s1. The molecule has 2 aliphatic rings. The number of carbonyl (C=O) groups excluding carboxylic acids is 1. The van der Waals surface area contributed by atoms with E-state index in [-0.39, 0.29) is 23.8 Å². The van der Waals surface area contributed by atoms with Crippen LogP contribution in [0, 0.1) is 11.8 Å². The van der Waals surface area contributed by atoms with E-state index in [1.807, 2.05) is 6.08 Å². The van der Waals surface area contributed by atoms with E-state index in [2.05, 4.69) is 40.7 Å². The topological polar surface area (TPSA) is 54.6 Å². The summed E-state index contributed by atoms with van der Waals surface area (Å²) in [4.78, 5) is 18.5. The molecule has 27 heavy (non-hydrogen) atoms. The number of benzene rings is 1. The summed E-state index contributed by atoms with van der Waals surface area (Å²) < 4.78 is 10.2. The van der Waals surface area contributed by atoms with Crippen molar-refractivity contribution in [1.29, 1.82) is 0 Å².